The van der Waals surface area contributed by atoms with Crippen LogP contribution in [-0.2, 0) is 20.2 Å². The van der Waals surface area contributed by atoms with E-state index in [1.165, 1.54) is 25.3 Å². The van der Waals surface area contributed by atoms with E-state index in [-0.39, 0.29) is 33.5 Å². The van der Waals surface area contributed by atoms with E-state index in [4.69, 9.17) is 4.74 Å². The zero-order valence-corrected chi connectivity index (χ0v) is 21.1. The number of fused-ring (bicyclic) bond motifs is 1. The van der Waals surface area contributed by atoms with E-state index in [1.54, 1.807) is 36.4 Å². The number of hydrogen-bond acceptors (Lipinski definition) is 9. The van der Waals surface area contributed by atoms with Crippen LogP contribution < -0.4 is 10.1 Å². The number of methoxy groups -OCH3 is 1. The number of azo groups is 1. The van der Waals surface area contributed by atoms with Crippen LogP contribution >= 0.6 is 0 Å². The van der Waals surface area contributed by atoms with Crippen molar-refractivity contribution in [3.63, 3.8) is 0 Å². The summed E-state index contributed by atoms with van der Waals surface area (Å²) in [6, 6.07) is 16.7. The summed E-state index contributed by atoms with van der Waals surface area (Å²) in [5.41, 5.74) is -0.643. The van der Waals surface area contributed by atoms with Gasteiger partial charge in [-0.1, -0.05) is 30.3 Å². The monoisotopic (exact) mass is 557 g/mol. The molecule has 0 heterocycles. The van der Waals surface area contributed by atoms with Gasteiger partial charge in [-0.2, -0.15) is 16.8 Å². The molecule has 0 aliphatic rings. The summed E-state index contributed by atoms with van der Waals surface area (Å²) in [5, 5.41) is 20.8. The van der Waals surface area contributed by atoms with E-state index < -0.39 is 47.4 Å². The fourth-order valence-electron chi connectivity index (χ4n) is 3.60. The smallest absolute Gasteiger partial charge is 0.296 e. The Morgan fingerprint density at radius 3 is 2.16 bits per heavy atom. The third kappa shape index (κ3) is 5.47. The summed E-state index contributed by atoms with van der Waals surface area (Å²) in [5.74, 6) is -1.27. The second-order valence-corrected chi connectivity index (χ2v) is 10.6. The SMILES string of the molecule is COc1ccccc1N=Nc1c(S(=O)(=O)O)cc2cc(S(=O)(=O)O)cc(NC(=O)c3ccccc3)c2c1O. The van der Waals surface area contributed by atoms with Crippen LogP contribution in [0, 0.1) is 0 Å². The first-order chi connectivity index (χ1) is 17.9. The fraction of sp³-hybridized carbons (Fsp3) is 0.0417. The molecule has 4 N–H and O–H groups in total. The molecule has 12 nitrogen and oxygen atoms in total. The minimum absolute atomic E-state index is 0.162. The number of carbonyl (C=O) groups is 1. The first-order valence-electron chi connectivity index (χ1n) is 10.6. The Kier molecular flexibility index (Phi) is 7.15. The van der Waals surface area contributed by atoms with E-state index in [0.29, 0.717) is 0 Å². The van der Waals surface area contributed by atoms with Gasteiger partial charge < -0.3 is 15.2 Å². The molecule has 196 valence electrons. The van der Waals surface area contributed by atoms with Crippen molar-refractivity contribution in [2.24, 2.45) is 10.2 Å². The van der Waals surface area contributed by atoms with Crippen LogP contribution in [0.25, 0.3) is 10.8 Å². The van der Waals surface area contributed by atoms with Gasteiger partial charge in [0, 0.05) is 10.9 Å². The van der Waals surface area contributed by atoms with Crippen molar-refractivity contribution in [2.75, 3.05) is 12.4 Å². The largest absolute Gasteiger partial charge is 0.505 e. The summed E-state index contributed by atoms with van der Waals surface area (Å²) in [7, 11) is -8.51. The predicted molar refractivity (Wildman–Crippen MR) is 137 cm³/mol. The minimum atomic E-state index is -5.04. The summed E-state index contributed by atoms with van der Waals surface area (Å²) in [6.07, 6.45) is 0. The Morgan fingerprint density at radius 2 is 1.53 bits per heavy atom. The third-order valence-corrected chi connectivity index (χ3v) is 7.02. The number of phenols is 1. The molecule has 0 saturated carbocycles. The van der Waals surface area contributed by atoms with Gasteiger partial charge in [0.1, 0.15) is 22.0 Å². The van der Waals surface area contributed by atoms with Crippen LogP contribution in [0.3, 0.4) is 0 Å². The van der Waals surface area contributed by atoms with Gasteiger partial charge in [0.2, 0.25) is 0 Å². The van der Waals surface area contributed by atoms with E-state index in [0.717, 1.165) is 18.2 Å². The zero-order chi connectivity index (χ0) is 27.7. The van der Waals surface area contributed by atoms with Crippen molar-refractivity contribution >= 4 is 54.0 Å². The Labute approximate surface area is 216 Å². The lowest BCUT2D eigenvalue weighted by atomic mass is 10.1. The molecule has 0 unspecified atom stereocenters. The highest BCUT2D eigenvalue weighted by Gasteiger charge is 2.26. The number of phenolic OH excluding ortho intramolecular Hbond substituents is 1. The molecule has 4 aromatic carbocycles. The maximum absolute atomic E-state index is 12.8. The Bertz CT molecular complexity index is 1810. The normalized spacial score (nSPS) is 12.1. The van der Waals surface area contributed by atoms with Crippen LogP contribution in [0.1, 0.15) is 10.4 Å². The summed E-state index contributed by atoms with van der Waals surface area (Å²) >= 11 is 0. The molecule has 0 aliphatic carbocycles. The Morgan fingerprint density at radius 1 is 0.868 bits per heavy atom. The average Bonchev–Trinajstić information content (AvgIpc) is 2.87. The quantitative estimate of drug-likeness (QED) is 0.184. The topological polar surface area (TPSA) is 192 Å². The van der Waals surface area contributed by atoms with Crippen molar-refractivity contribution in [1.29, 1.82) is 0 Å². The molecule has 0 atom stereocenters. The van der Waals surface area contributed by atoms with Crippen molar-refractivity contribution in [1.82, 2.24) is 0 Å². The number of anilines is 1. The van der Waals surface area contributed by atoms with Crippen LogP contribution in [0.15, 0.2) is 92.8 Å². The molecule has 14 heteroatoms. The molecule has 4 aromatic rings. The van der Waals surface area contributed by atoms with Gasteiger partial charge in [-0.3, -0.25) is 13.9 Å². The minimum Gasteiger partial charge on any atom is -0.505 e. The second kappa shape index (κ2) is 10.2. The van der Waals surface area contributed by atoms with Crippen LogP contribution in [-0.4, -0.2) is 44.1 Å². The van der Waals surface area contributed by atoms with Gasteiger partial charge in [-0.05, 0) is 47.9 Å². The second-order valence-electron chi connectivity index (χ2n) is 7.78. The zero-order valence-electron chi connectivity index (χ0n) is 19.4. The molecule has 1 amide bonds. The lowest BCUT2D eigenvalue weighted by Gasteiger charge is -2.15. The van der Waals surface area contributed by atoms with Crippen molar-refractivity contribution in [2.45, 2.75) is 9.79 Å². The highest BCUT2D eigenvalue weighted by Crippen LogP contribution is 2.45. The summed E-state index contributed by atoms with van der Waals surface area (Å²) in [6.45, 7) is 0. The predicted octanol–water partition coefficient (Wildman–Crippen LogP) is 4.72. The van der Waals surface area contributed by atoms with E-state index in [9.17, 15) is 35.8 Å². The number of carbonyl (C=O) groups excluding carboxylic acids is 1. The molecular weight excluding hydrogens is 538 g/mol. The van der Waals surface area contributed by atoms with Gasteiger partial charge in [0.05, 0.1) is 17.7 Å². The molecule has 0 aromatic heterocycles. The Balaban J connectivity index is 2.01. The maximum Gasteiger partial charge on any atom is 0.296 e. The molecular formula is C24H19N3O9S2. The lowest BCUT2D eigenvalue weighted by Crippen LogP contribution is -2.13. The van der Waals surface area contributed by atoms with Gasteiger partial charge in [-0.25, -0.2) is 0 Å². The molecule has 4 rings (SSSR count). The number of hydrogen-bond donors (Lipinski definition) is 4. The van der Waals surface area contributed by atoms with E-state index >= 15 is 0 Å². The van der Waals surface area contributed by atoms with Gasteiger partial charge in [0.15, 0.2) is 5.75 Å². The highest BCUT2D eigenvalue weighted by atomic mass is 32.2. The lowest BCUT2D eigenvalue weighted by molar-refractivity contribution is 0.102. The van der Waals surface area contributed by atoms with Crippen LogP contribution in [0.2, 0.25) is 0 Å². The average molecular weight is 558 g/mol. The van der Waals surface area contributed by atoms with Gasteiger partial charge in [-0.15, -0.1) is 10.2 Å². The Hall–Kier alpha value is -4.37. The summed E-state index contributed by atoms with van der Waals surface area (Å²) in [4.78, 5) is 11.2. The maximum atomic E-state index is 12.8. The van der Waals surface area contributed by atoms with Crippen molar-refractivity contribution in [3.05, 3.63) is 78.4 Å². The molecule has 0 saturated heterocycles. The third-order valence-electron chi connectivity index (χ3n) is 5.33. The number of ether oxygens (including phenoxy) is 1. The molecule has 0 spiro atoms. The van der Waals surface area contributed by atoms with Crippen molar-refractivity contribution < 1.29 is 40.6 Å². The number of rotatable bonds is 7. The highest BCUT2D eigenvalue weighted by molar-refractivity contribution is 7.86. The molecule has 0 radical (unpaired) electrons. The number of para-hydroxylation sites is 1. The molecule has 0 bridgehead atoms. The number of benzene rings is 4. The van der Waals surface area contributed by atoms with Crippen molar-refractivity contribution in [3.8, 4) is 11.5 Å². The first kappa shape index (κ1) is 26.7. The number of aromatic hydroxyl groups is 1. The first-order valence-corrected chi connectivity index (χ1v) is 13.5. The van der Waals surface area contributed by atoms with Crippen LogP contribution in [0.4, 0.5) is 17.1 Å². The fourth-order valence-corrected chi connectivity index (χ4v) is 4.80. The van der Waals surface area contributed by atoms with E-state index in [1.807, 2.05) is 0 Å². The van der Waals surface area contributed by atoms with Gasteiger partial charge in [0.25, 0.3) is 26.1 Å². The van der Waals surface area contributed by atoms with E-state index in [2.05, 4.69) is 15.5 Å². The number of nitrogens with one attached hydrogen (secondary N) is 1. The van der Waals surface area contributed by atoms with Gasteiger partial charge >= 0.3 is 0 Å². The molecule has 38 heavy (non-hydrogen) atoms. The number of nitrogens with zero attached hydrogens (tertiary/aromatic N) is 2. The number of amides is 1. The standard InChI is InChI=1S/C24H19N3O9S2/c1-36-19-10-6-5-9-17(19)26-27-22-20(38(33,34)35)12-15-11-16(37(30,31)32)13-18(21(15)23(22)28)25-24(29)14-7-3-2-4-8-14/h2-13,28H,1H3,(H,25,29)(H,30,31,32)(H,33,34,35). The molecule has 0 aliphatic heterocycles. The molecule has 0 fully saturated rings. The van der Waals surface area contributed by atoms with Crippen LogP contribution in [0.5, 0.6) is 11.5 Å². The summed E-state index contributed by atoms with van der Waals surface area (Å²) < 4.78 is 72.8.